The maximum Gasteiger partial charge on any atom is 0.240 e. The lowest BCUT2D eigenvalue weighted by Gasteiger charge is -2.36. The van der Waals surface area contributed by atoms with E-state index in [2.05, 4.69) is 9.62 Å². The lowest BCUT2D eigenvalue weighted by atomic mass is 9.97. The van der Waals surface area contributed by atoms with Crippen molar-refractivity contribution in [3.8, 4) is 0 Å². The van der Waals surface area contributed by atoms with Gasteiger partial charge < -0.3 is 25.5 Å². The van der Waals surface area contributed by atoms with E-state index in [-0.39, 0.29) is 42.3 Å². The van der Waals surface area contributed by atoms with Gasteiger partial charge in [-0.15, -0.1) is 0 Å². The minimum Gasteiger partial charge on any atom is -0.395 e. The summed E-state index contributed by atoms with van der Waals surface area (Å²) in [6.45, 7) is 3.99. The average molecular weight is 573 g/mol. The van der Waals surface area contributed by atoms with E-state index in [1.807, 2.05) is 29.2 Å². The van der Waals surface area contributed by atoms with Gasteiger partial charge in [0.15, 0.2) is 5.96 Å². The summed E-state index contributed by atoms with van der Waals surface area (Å²) in [5, 5.41) is 19.3. The van der Waals surface area contributed by atoms with E-state index < -0.39 is 16.1 Å². The van der Waals surface area contributed by atoms with Gasteiger partial charge in [0.25, 0.3) is 0 Å². The largest absolute Gasteiger partial charge is 0.395 e. The molecule has 0 bridgehead atoms. The van der Waals surface area contributed by atoms with Gasteiger partial charge in [-0.25, -0.2) is 13.1 Å². The van der Waals surface area contributed by atoms with Crippen LogP contribution in [0.4, 0.5) is 0 Å². The molecule has 2 heterocycles. The van der Waals surface area contributed by atoms with Gasteiger partial charge >= 0.3 is 0 Å². The zero-order valence-corrected chi connectivity index (χ0v) is 24.1. The standard InChI is InChI=1S/C29H44N6O4S/c30-29(31)35-15-7-8-23(21-35)20-34(16-17-36)28(37)19-26(22-33-13-5-1-2-6-14-33)32-40(38,39)27-12-11-24-9-3-4-10-25(24)18-27/h3-4,9-12,18,23,26,32,36H,1-2,5-8,13-17,19-22H2,(H3,30,31)/t23?,26-/m0/s1. The number of fused-ring (bicyclic) bond motifs is 1. The molecule has 0 radical (unpaired) electrons. The third-order valence-electron chi connectivity index (χ3n) is 8.01. The fourth-order valence-corrected chi connectivity index (χ4v) is 7.18. The zero-order valence-electron chi connectivity index (χ0n) is 23.3. The number of rotatable bonds is 11. The van der Waals surface area contributed by atoms with E-state index in [1.165, 1.54) is 0 Å². The van der Waals surface area contributed by atoms with Crippen LogP contribution in [0, 0.1) is 11.3 Å². The highest BCUT2D eigenvalue weighted by atomic mass is 32.2. The molecule has 10 nitrogen and oxygen atoms in total. The molecule has 220 valence electrons. The molecule has 1 amide bonds. The first-order chi connectivity index (χ1) is 19.2. The maximum atomic E-state index is 13.6. The topological polar surface area (TPSA) is 143 Å². The minimum absolute atomic E-state index is 0.00640. The van der Waals surface area contributed by atoms with Gasteiger partial charge in [-0.2, -0.15) is 0 Å². The number of nitrogens with zero attached hydrogens (tertiary/aromatic N) is 3. The molecule has 2 aliphatic rings. The van der Waals surface area contributed by atoms with Crippen molar-refractivity contribution in [1.82, 2.24) is 19.4 Å². The zero-order chi connectivity index (χ0) is 28.5. The number of carbonyl (C=O) groups excluding carboxylic acids is 1. The van der Waals surface area contributed by atoms with Crippen LogP contribution in [0.15, 0.2) is 47.4 Å². The van der Waals surface area contributed by atoms with Gasteiger partial charge in [0.1, 0.15) is 0 Å². The number of hydrogen-bond donors (Lipinski definition) is 4. The Hall–Kier alpha value is -2.73. The summed E-state index contributed by atoms with van der Waals surface area (Å²) in [7, 11) is -3.88. The number of benzene rings is 2. The first kappa shape index (κ1) is 30.2. The van der Waals surface area contributed by atoms with E-state index in [1.54, 1.807) is 23.1 Å². The summed E-state index contributed by atoms with van der Waals surface area (Å²) < 4.78 is 30.0. The number of nitrogens with one attached hydrogen (secondary N) is 2. The lowest BCUT2D eigenvalue weighted by Crippen LogP contribution is -2.50. The molecule has 0 spiro atoms. The molecule has 1 unspecified atom stereocenters. The number of carbonyl (C=O) groups is 1. The highest BCUT2D eigenvalue weighted by Gasteiger charge is 2.29. The third-order valence-corrected chi connectivity index (χ3v) is 9.53. The van der Waals surface area contributed by atoms with Crippen LogP contribution in [-0.2, 0) is 14.8 Å². The summed E-state index contributed by atoms with van der Waals surface area (Å²) in [6, 6.07) is 12.1. The molecule has 2 saturated heterocycles. The predicted molar refractivity (Wildman–Crippen MR) is 157 cm³/mol. The molecule has 5 N–H and O–H groups in total. The Morgan fingerprint density at radius 3 is 2.50 bits per heavy atom. The molecule has 2 fully saturated rings. The molecular formula is C29H44N6O4S. The van der Waals surface area contributed by atoms with Crippen molar-refractivity contribution >= 4 is 32.7 Å². The SMILES string of the molecule is N=C(N)N1CCCC(CN(CCO)C(=O)C[C@@H](CN2CCCCCC2)NS(=O)(=O)c2ccc3ccccc3c2)C1. The Bertz CT molecular complexity index is 1250. The number of aliphatic hydroxyl groups excluding tert-OH is 1. The smallest absolute Gasteiger partial charge is 0.240 e. The van der Waals surface area contributed by atoms with E-state index >= 15 is 0 Å². The first-order valence-corrected chi connectivity index (χ1v) is 15.9. The van der Waals surface area contributed by atoms with E-state index in [4.69, 9.17) is 11.1 Å². The summed E-state index contributed by atoms with van der Waals surface area (Å²) in [5.74, 6) is -0.0214. The van der Waals surface area contributed by atoms with Crippen LogP contribution in [0.5, 0.6) is 0 Å². The fourth-order valence-electron chi connectivity index (χ4n) is 5.92. The minimum atomic E-state index is -3.88. The number of guanidine groups is 1. The normalized spacial score (nSPS) is 19.7. The predicted octanol–water partition coefficient (Wildman–Crippen LogP) is 2.18. The summed E-state index contributed by atoms with van der Waals surface area (Å²) in [5.41, 5.74) is 5.70. The van der Waals surface area contributed by atoms with Crippen LogP contribution in [0.1, 0.15) is 44.9 Å². The molecular weight excluding hydrogens is 528 g/mol. The Labute approximate surface area is 238 Å². The Morgan fingerprint density at radius 1 is 1.07 bits per heavy atom. The highest BCUT2D eigenvalue weighted by Crippen LogP contribution is 2.21. The highest BCUT2D eigenvalue weighted by molar-refractivity contribution is 7.89. The Balaban J connectivity index is 1.50. The van der Waals surface area contributed by atoms with Crippen LogP contribution in [0.2, 0.25) is 0 Å². The van der Waals surface area contributed by atoms with Crippen molar-refractivity contribution in [3.05, 3.63) is 42.5 Å². The van der Waals surface area contributed by atoms with Crippen LogP contribution in [0.25, 0.3) is 10.8 Å². The van der Waals surface area contributed by atoms with E-state index in [9.17, 15) is 18.3 Å². The van der Waals surface area contributed by atoms with Gasteiger partial charge in [0, 0.05) is 45.2 Å². The van der Waals surface area contributed by atoms with Gasteiger partial charge in [-0.1, -0.05) is 43.2 Å². The van der Waals surface area contributed by atoms with E-state index in [0.29, 0.717) is 19.6 Å². The van der Waals surface area contributed by atoms with Gasteiger partial charge in [0.2, 0.25) is 15.9 Å². The summed E-state index contributed by atoms with van der Waals surface area (Å²) >= 11 is 0. The van der Waals surface area contributed by atoms with Crippen LogP contribution < -0.4 is 10.5 Å². The van der Waals surface area contributed by atoms with Crippen LogP contribution in [-0.4, -0.2) is 98.6 Å². The average Bonchev–Trinajstić information content (AvgIpc) is 3.21. The van der Waals surface area contributed by atoms with Crippen molar-refractivity contribution in [2.75, 3.05) is 52.4 Å². The molecule has 0 saturated carbocycles. The van der Waals surface area contributed by atoms with Crippen LogP contribution >= 0.6 is 0 Å². The Morgan fingerprint density at radius 2 is 1.80 bits per heavy atom. The second-order valence-electron chi connectivity index (χ2n) is 11.1. The number of amides is 1. The van der Waals surface area contributed by atoms with Crippen molar-refractivity contribution in [3.63, 3.8) is 0 Å². The van der Waals surface area contributed by atoms with E-state index in [0.717, 1.165) is 68.9 Å². The summed E-state index contributed by atoms with van der Waals surface area (Å²) in [6.07, 6.45) is 6.23. The number of hydrogen-bond acceptors (Lipinski definition) is 6. The second-order valence-corrected chi connectivity index (χ2v) is 12.9. The number of likely N-dealkylation sites (tertiary alicyclic amines) is 2. The number of aliphatic hydroxyl groups is 1. The van der Waals surface area contributed by atoms with Crippen LogP contribution in [0.3, 0.4) is 0 Å². The first-order valence-electron chi connectivity index (χ1n) is 14.5. The monoisotopic (exact) mass is 572 g/mol. The molecule has 2 atom stereocenters. The molecule has 2 aromatic carbocycles. The summed E-state index contributed by atoms with van der Waals surface area (Å²) in [4.78, 5) is 19.5. The van der Waals surface area contributed by atoms with Crippen molar-refractivity contribution < 1.29 is 18.3 Å². The molecule has 11 heteroatoms. The number of nitrogens with two attached hydrogens (primary N) is 1. The lowest BCUT2D eigenvalue weighted by molar-refractivity contribution is -0.133. The fraction of sp³-hybridized carbons (Fsp3) is 0.586. The molecule has 4 rings (SSSR count). The number of piperidine rings is 1. The Kier molecular flexibility index (Phi) is 10.8. The molecule has 0 aliphatic carbocycles. The number of sulfonamides is 1. The van der Waals surface area contributed by atoms with Crippen molar-refractivity contribution in [1.29, 1.82) is 5.41 Å². The van der Waals surface area contributed by atoms with Crippen molar-refractivity contribution in [2.24, 2.45) is 11.7 Å². The quantitative estimate of drug-likeness (QED) is 0.239. The second kappa shape index (κ2) is 14.2. The third kappa shape index (κ3) is 8.39. The molecule has 2 aliphatic heterocycles. The molecule has 0 aromatic heterocycles. The molecule has 2 aromatic rings. The van der Waals surface area contributed by atoms with Gasteiger partial charge in [-0.3, -0.25) is 10.2 Å². The van der Waals surface area contributed by atoms with Gasteiger partial charge in [-0.05, 0) is 67.6 Å². The van der Waals surface area contributed by atoms with Crippen molar-refractivity contribution in [2.45, 2.75) is 55.9 Å². The maximum absolute atomic E-state index is 13.6. The van der Waals surface area contributed by atoms with Gasteiger partial charge in [0.05, 0.1) is 11.5 Å². The molecule has 40 heavy (non-hydrogen) atoms.